The molecule has 92 valence electrons. The molecule has 2 aliphatic carbocycles. The number of halogens is 1. The minimum absolute atomic E-state index is 0.705. The maximum absolute atomic E-state index is 3.97. The van der Waals surface area contributed by atoms with Crippen LogP contribution >= 0.6 is 15.9 Å². The van der Waals surface area contributed by atoms with Crippen LogP contribution < -0.4 is 0 Å². The van der Waals surface area contributed by atoms with Gasteiger partial charge in [-0.3, -0.25) is 0 Å². The van der Waals surface area contributed by atoms with E-state index < -0.39 is 0 Å². The number of fused-ring (bicyclic) bond motifs is 1. The van der Waals surface area contributed by atoms with Crippen LogP contribution in [0.25, 0.3) is 0 Å². The molecule has 3 unspecified atom stereocenters. The van der Waals surface area contributed by atoms with Gasteiger partial charge in [-0.25, -0.2) is 0 Å². The molecular formula is C16H21Br. The topological polar surface area (TPSA) is 0 Å². The fourth-order valence-corrected chi connectivity index (χ4v) is 4.90. The summed E-state index contributed by atoms with van der Waals surface area (Å²) in [5, 5.41) is 0. The van der Waals surface area contributed by atoms with Crippen LogP contribution in [0.1, 0.15) is 36.8 Å². The van der Waals surface area contributed by atoms with Crippen LogP contribution in [-0.4, -0.2) is 4.83 Å². The highest BCUT2D eigenvalue weighted by Crippen LogP contribution is 2.58. The van der Waals surface area contributed by atoms with Crippen LogP contribution in [0.2, 0.25) is 0 Å². The zero-order valence-electron chi connectivity index (χ0n) is 10.5. The second-order valence-electron chi connectivity index (χ2n) is 5.84. The average molecular weight is 293 g/mol. The zero-order chi connectivity index (χ0) is 11.8. The van der Waals surface area contributed by atoms with Gasteiger partial charge < -0.3 is 0 Å². The van der Waals surface area contributed by atoms with Gasteiger partial charge in [0, 0.05) is 4.83 Å². The predicted molar refractivity (Wildman–Crippen MR) is 76.5 cm³/mol. The van der Waals surface area contributed by atoms with E-state index in [2.05, 4.69) is 47.1 Å². The molecule has 0 amide bonds. The van der Waals surface area contributed by atoms with Crippen LogP contribution in [0.5, 0.6) is 0 Å². The molecule has 0 spiro atoms. The van der Waals surface area contributed by atoms with Crippen molar-refractivity contribution in [3.05, 3.63) is 35.4 Å². The van der Waals surface area contributed by atoms with Gasteiger partial charge in [-0.2, -0.15) is 0 Å². The molecule has 0 nitrogen and oxygen atoms in total. The monoisotopic (exact) mass is 292 g/mol. The highest BCUT2D eigenvalue weighted by Gasteiger charge is 2.53. The molecule has 2 fully saturated rings. The molecule has 2 aliphatic rings. The molecule has 1 aromatic carbocycles. The van der Waals surface area contributed by atoms with Crippen molar-refractivity contribution in [2.75, 3.05) is 0 Å². The van der Waals surface area contributed by atoms with Gasteiger partial charge in [-0.15, -0.1) is 0 Å². The van der Waals surface area contributed by atoms with Gasteiger partial charge in [0.2, 0.25) is 0 Å². The maximum Gasteiger partial charge on any atom is 0.0220 e. The minimum atomic E-state index is 0.705. The highest BCUT2D eigenvalue weighted by molar-refractivity contribution is 9.09. The van der Waals surface area contributed by atoms with E-state index in [1.807, 2.05) is 0 Å². The molecule has 2 saturated carbocycles. The van der Waals surface area contributed by atoms with Gasteiger partial charge in [0.05, 0.1) is 0 Å². The molecular weight excluding hydrogens is 272 g/mol. The summed E-state index contributed by atoms with van der Waals surface area (Å²) >= 11 is 3.97. The van der Waals surface area contributed by atoms with Crippen molar-refractivity contribution >= 4 is 15.9 Å². The third-order valence-electron chi connectivity index (χ3n) is 4.82. The number of alkyl halides is 1. The molecule has 3 rings (SSSR count). The summed E-state index contributed by atoms with van der Waals surface area (Å²) in [6.07, 6.45) is 7.14. The lowest BCUT2D eigenvalue weighted by Gasteiger charge is -2.11. The number of hydrogen-bond donors (Lipinski definition) is 0. The fraction of sp³-hybridized carbons (Fsp3) is 0.625. The Labute approximate surface area is 113 Å². The second kappa shape index (κ2) is 4.76. The van der Waals surface area contributed by atoms with Crippen molar-refractivity contribution < 1.29 is 0 Å². The smallest absolute Gasteiger partial charge is 0.0220 e. The quantitative estimate of drug-likeness (QED) is 0.706. The van der Waals surface area contributed by atoms with Gasteiger partial charge in [0.1, 0.15) is 0 Å². The standard InChI is InChI=1S/C16H21Br/c1-11-6-2-3-7-12(11)10-15(17)16-13-8-4-5-9-14(13)16/h2-3,6-7,13-16H,4-5,8-10H2,1H3. The van der Waals surface area contributed by atoms with Gasteiger partial charge in [0.25, 0.3) is 0 Å². The summed E-state index contributed by atoms with van der Waals surface area (Å²) < 4.78 is 0. The lowest BCUT2D eigenvalue weighted by Crippen LogP contribution is -2.08. The molecule has 3 atom stereocenters. The van der Waals surface area contributed by atoms with E-state index in [0.29, 0.717) is 4.83 Å². The maximum atomic E-state index is 3.97. The van der Waals surface area contributed by atoms with E-state index in [0.717, 1.165) is 17.8 Å². The van der Waals surface area contributed by atoms with Crippen LogP contribution in [0.3, 0.4) is 0 Å². The Morgan fingerprint density at radius 2 is 1.82 bits per heavy atom. The molecule has 1 aromatic rings. The first-order valence-electron chi connectivity index (χ1n) is 6.96. The van der Waals surface area contributed by atoms with Gasteiger partial charge >= 0.3 is 0 Å². The Kier molecular flexibility index (Phi) is 3.30. The van der Waals surface area contributed by atoms with E-state index >= 15 is 0 Å². The van der Waals surface area contributed by atoms with E-state index in [-0.39, 0.29) is 0 Å². The lowest BCUT2D eigenvalue weighted by atomic mass is 10.0. The van der Waals surface area contributed by atoms with Crippen molar-refractivity contribution in [1.29, 1.82) is 0 Å². The summed E-state index contributed by atoms with van der Waals surface area (Å²) in [6, 6.07) is 8.83. The third kappa shape index (κ3) is 2.31. The molecule has 0 heterocycles. The Bertz CT molecular complexity index is 386. The summed E-state index contributed by atoms with van der Waals surface area (Å²) in [4.78, 5) is 0.705. The predicted octanol–water partition coefficient (Wildman–Crippen LogP) is 4.74. The fourth-order valence-electron chi connectivity index (χ4n) is 3.77. The van der Waals surface area contributed by atoms with Gasteiger partial charge in [-0.05, 0) is 55.1 Å². The number of hydrogen-bond acceptors (Lipinski definition) is 0. The first-order chi connectivity index (χ1) is 8.27. The Morgan fingerprint density at radius 1 is 1.18 bits per heavy atom. The zero-order valence-corrected chi connectivity index (χ0v) is 12.1. The highest BCUT2D eigenvalue weighted by atomic mass is 79.9. The number of rotatable bonds is 3. The lowest BCUT2D eigenvalue weighted by molar-refractivity contribution is 0.480. The van der Waals surface area contributed by atoms with Crippen molar-refractivity contribution in [1.82, 2.24) is 0 Å². The van der Waals surface area contributed by atoms with Gasteiger partial charge in [-0.1, -0.05) is 53.0 Å². The van der Waals surface area contributed by atoms with E-state index in [4.69, 9.17) is 0 Å². The molecule has 0 aliphatic heterocycles. The summed E-state index contributed by atoms with van der Waals surface area (Å²) in [5.74, 6) is 3.08. The number of aryl methyl sites for hydroxylation is 1. The average Bonchev–Trinajstić information content (AvgIpc) is 3.06. The molecule has 17 heavy (non-hydrogen) atoms. The first-order valence-corrected chi connectivity index (χ1v) is 7.87. The van der Waals surface area contributed by atoms with Crippen LogP contribution in [0, 0.1) is 24.7 Å². The van der Waals surface area contributed by atoms with E-state index in [1.165, 1.54) is 43.2 Å². The summed E-state index contributed by atoms with van der Waals surface area (Å²) in [6.45, 7) is 2.23. The van der Waals surface area contributed by atoms with Crippen molar-refractivity contribution in [3.63, 3.8) is 0 Å². The Morgan fingerprint density at radius 3 is 2.47 bits per heavy atom. The van der Waals surface area contributed by atoms with Gasteiger partial charge in [0.15, 0.2) is 0 Å². The van der Waals surface area contributed by atoms with Crippen LogP contribution in [0.4, 0.5) is 0 Å². The Balaban J connectivity index is 1.64. The van der Waals surface area contributed by atoms with Crippen LogP contribution in [0.15, 0.2) is 24.3 Å². The molecule has 0 saturated heterocycles. The largest absolute Gasteiger partial charge is 0.0884 e. The first kappa shape index (κ1) is 11.8. The van der Waals surface area contributed by atoms with E-state index in [1.54, 1.807) is 0 Å². The third-order valence-corrected chi connectivity index (χ3v) is 5.75. The van der Waals surface area contributed by atoms with Crippen molar-refractivity contribution in [2.45, 2.75) is 43.9 Å². The second-order valence-corrected chi connectivity index (χ2v) is 7.01. The molecule has 0 radical (unpaired) electrons. The SMILES string of the molecule is Cc1ccccc1CC(Br)C1C2CCCCC21. The minimum Gasteiger partial charge on any atom is -0.0884 e. The summed E-state index contributed by atoms with van der Waals surface area (Å²) in [5.41, 5.74) is 2.97. The molecule has 0 aromatic heterocycles. The van der Waals surface area contributed by atoms with Crippen molar-refractivity contribution in [3.8, 4) is 0 Å². The normalized spacial score (nSPS) is 32.9. The Hall–Kier alpha value is -0.300. The van der Waals surface area contributed by atoms with Crippen molar-refractivity contribution in [2.24, 2.45) is 17.8 Å². The molecule has 0 bridgehead atoms. The van der Waals surface area contributed by atoms with Crippen LogP contribution in [-0.2, 0) is 6.42 Å². The number of benzene rings is 1. The summed E-state index contributed by atoms with van der Waals surface area (Å²) in [7, 11) is 0. The van der Waals surface area contributed by atoms with E-state index in [9.17, 15) is 0 Å². The molecule has 1 heteroatoms. The molecule has 0 N–H and O–H groups in total.